The van der Waals surface area contributed by atoms with Crippen LogP contribution < -0.4 is 5.32 Å². The molecule has 0 amide bonds. The highest BCUT2D eigenvalue weighted by atomic mass is 19.2. The van der Waals surface area contributed by atoms with E-state index in [4.69, 9.17) is 4.74 Å². The maximum atomic E-state index is 13.5. The first kappa shape index (κ1) is 16.3. The van der Waals surface area contributed by atoms with Gasteiger partial charge < -0.3 is 10.1 Å². The van der Waals surface area contributed by atoms with Crippen LogP contribution in [-0.2, 0) is 4.74 Å². The van der Waals surface area contributed by atoms with Gasteiger partial charge in [-0.25, -0.2) is 8.78 Å². The minimum absolute atomic E-state index is 0.263. The first-order valence-electron chi connectivity index (χ1n) is 6.37. The monoisotopic (exact) mass is 288 g/mol. The van der Waals surface area contributed by atoms with Crippen LogP contribution in [0.25, 0.3) is 0 Å². The van der Waals surface area contributed by atoms with Crippen LogP contribution in [0.4, 0.5) is 20.2 Å². The number of anilines is 1. The highest BCUT2D eigenvalue weighted by Gasteiger charge is 2.20. The first-order valence-corrected chi connectivity index (χ1v) is 6.37. The van der Waals surface area contributed by atoms with E-state index in [1.807, 2.05) is 13.8 Å². The molecule has 1 rings (SSSR count). The fraction of sp³-hybridized carbons (Fsp3) is 0.538. The molecule has 5 nitrogen and oxygen atoms in total. The van der Waals surface area contributed by atoms with E-state index in [0.717, 1.165) is 12.1 Å². The molecule has 1 N–H and O–H groups in total. The molecule has 1 aromatic rings. The van der Waals surface area contributed by atoms with Gasteiger partial charge in [0, 0.05) is 25.8 Å². The summed E-state index contributed by atoms with van der Waals surface area (Å²) in [5.74, 6) is -1.93. The van der Waals surface area contributed by atoms with Gasteiger partial charge in [0.05, 0.1) is 4.92 Å². The van der Waals surface area contributed by atoms with Gasteiger partial charge in [0.2, 0.25) is 0 Å². The van der Waals surface area contributed by atoms with Gasteiger partial charge in [0.25, 0.3) is 5.69 Å². The Labute approximate surface area is 116 Å². The van der Waals surface area contributed by atoms with Gasteiger partial charge in [-0.05, 0) is 18.4 Å². The SMILES string of the molecule is CC(C)COCCCNc1c([N+](=O)[O-])ccc(F)c1F. The van der Waals surface area contributed by atoms with Crippen LogP contribution in [0.5, 0.6) is 0 Å². The van der Waals surface area contributed by atoms with Crippen LogP contribution in [0.3, 0.4) is 0 Å². The number of nitro benzene ring substituents is 1. The van der Waals surface area contributed by atoms with Gasteiger partial charge in [0.1, 0.15) is 0 Å². The number of benzene rings is 1. The van der Waals surface area contributed by atoms with Crippen LogP contribution in [0.2, 0.25) is 0 Å². The van der Waals surface area contributed by atoms with E-state index < -0.39 is 27.9 Å². The Morgan fingerprint density at radius 1 is 1.40 bits per heavy atom. The van der Waals surface area contributed by atoms with Gasteiger partial charge in [-0.2, -0.15) is 0 Å². The van der Waals surface area contributed by atoms with Crippen molar-refractivity contribution in [2.45, 2.75) is 20.3 Å². The molecule has 0 unspecified atom stereocenters. The summed E-state index contributed by atoms with van der Waals surface area (Å²) in [6, 6.07) is 1.68. The summed E-state index contributed by atoms with van der Waals surface area (Å²) in [6.07, 6.45) is 0.541. The first-order chi connectivity index (χ1) is 9.43. The highest BCUT2D eigenvalue weighted by molar-refractivity contribution is 5.62. The summed E-state index contributed by atoms with van der Waals surface area (Å²) in [5, 5.41) is 13.3. The fourth-order valence-corrected chi connectivity index (χ4v) is 1.57. The second-order valence-corrected chi connectivity index (χ2v) is 4.76. The Kier molecular flexibility index (Phi) is 6.30. The lowest BCUT2D eigenvalue weighted by Crippen LogP contribution is -2.11. The molecule has 7 heteroatoms. The fourth-order valence-electron chi connectivity index (χ4n) is 1.57. The molecule has 0 aliphatic rings. The lowest BCUT2D eigenvalue weighted by molar-refractivity contribution is -0.384. The molecule has 0 saturated carbocycles. The molecule has 20 heavy (non-hydrogen) atoms. The average molecular weight is 288 g/mol. The second kappa shape index (κ2) is 7.74. The Balaban J connectivity index is 2.54. The van der Waals surface area contributed by atoms with E-state index in [9.17, 15) is 18.9 Å². The topological polar surface area (TPSA) is 64.4 Å². The number of hydrogen-bond acceptors (Lipinski definition) is 4. The predicted molar refractivity (Wildman–Crippen MR) is 71.8 cm³/mol. The van der Waals surface area contributed by atoms with Crippen LogP contribution in [-0.4, -0.2) is 24.7 Å². The lowest BCUT2D eigenvalue weighted by Gasteiger charge is -2.10. The zero-order chi connectivity index (χ0) is 15.1. The number of nitrogens with one attached hydrogen (secondary N) is 1. The zero-order valence-electron chi connectivity index (χ0n) is 11.5. The Hall–Kier alpha value is -1.76. The van der Waals surface area contributed by atoms with E-state index in [0.29, 0.717) is 25.6 Å². The molecule has 112 valence electrons. The van der Waals surface area contributed by atoms with Crippen molar-refractivity contribution in [1.29, 1.82) is 0 Å². The third-order valence-electron chi connectivity index (χ3n) is 2.49. The zero-order valence-corrected chi connectivity index (χ0v) is 11.5. The molecule has 1 aromatic carbocycles. The maximum absolute atomic E-state index is 13.5. The molecule has 0 saturated heterocycles. The molecule has 0 aromatic heterocycles. The molecule has 0 heterocycles. The summed E-state index contributed by atoms with van der Waals surface area (Å²) in [6.45, 7) is 5.37. The third kappa shape index (κ3) is 4.73. The summed E-state index contributed by atoms with van der Waals surface area (Å²) in [4.78, 5) is 10.00. The van der Waals surface area contributed by atoms with E-state index in [1.165, 1.54) is 0 Å². The molecule has 0 atom stereocenters. The van der Waals surface area contributed by atoms with Crippen LogP contribution in [0, 0.1) is 27.7 Å². The Morgan fingerprint density at radius 2 is 2.10 bits per heavy atom. The molecule has 0 aliphatic carbocycles. The minimum atomic E-state index is -1.23. The lowest BCUT2D eigenvalue weighted by atomic mass is 10.2. The van der Waals surface area contributed by atoms with E-state index in [2.05, 4.69) is 5.32 Å². The quantitative estimate of drug-likeness (QED) is 0.452. The van der Waals surface area contributed by atoms with Crippen molar-refractivity contribution >= 4 is 11.4 Å². The van der Waals surface area contributed by atoms with Crippen molar-refractivity contribution in [3.05, 3.63) is 33.9 Å². The van der Waals surface area contributed by atoms with Gasteiger partial charge in [-0.15, -0.1) is 0 Å². The molecule has 0 spiro atoms. The normalized spacial score (nSPS) is 10.8. The predicted octanol–water partition coefficient (Wildman–Crippen LogP) is 3.35. The van der Waals surface area contributed by atoms with Crippen molar-refractivity contribution < 1.29 is 18.4 Å². The summed E-state index contributed by atoms with van der Waals surface area (Å²) < 4.78 is 31.9. The number of nitrogens with zero attached hydrogens (tertiary/aromatic N) is 1. The molecular weight excluding hydrogens is 270 g/mol. The number of rotatable bonds is 8. The molecular formula is C13H18F2N2O3. The highest BCUT2D eigenvalue weighted by Crippen LogP contribution is 2.28. The van der Waals surface area contributed by atoms with E-state index in [-0.39, 0.29) is 6.54 Å². The van der Waals surface area contributed by atoms with Crippen LogP contribution in [0.1, 0.15) is 20.3 Å². The average Bonchev–Trinajstić information content (AvgIpc) is 2.37. The largest absolute Gasteiger partial charge is 0.381 e. The maximum Gasteiger partial charge on any atom is 0.295 e. The summed E-state index contributed by atoms with van der Waals surface area (Å²) >= 11 is 0. The third-order valence-corrected chi connectivity index (χ3v) is 2.49. The molecule has 0 fully saturated rings. The Bertz CT molecular complexity index is 467. The molecule has 0 bridgehead atoms. The van der Waals surface area contributed by atoms with Gasteiger partial charge in [-0.3, -0.25) is 10.1 Å². The molecule has 0 aliphatic heterocycles. The number of ether oxygens (including phenoxy) is 1. The standard InChI is InChI=1S/C13H18F2N2O3/c1-9(2)8-20-7-3-6-16-13-11(17(18)19)5-4-10(14)12(13)15/h4-5,9,16H,3,6-8H2,1-2H3. The van der Waals surface area contributed by atoms with Crippen molar-refractivity contribution in [2.24, 2.45) is 5.92 Å². The summed E-state index contributed by atoms with van der Waals surface area (Å²) in [7, 11) is 0. The van der Waals surface area contributed by atoms with Gasteiger partial charge in [-0.1, -0.05) is 13.8 Å². The number of nitro groups is 1. The minimum Gasteiger partial charge on any atom is -0.381 e. The van der Waals surface area contributed by atoms with Crippen LogP contribution >= 0.6 is 0 Å². The van der Waals surface area contributed by atoms with Crippen molar-refractivity contribution in [2.75, 3.05) is 25.1 Å². The number of hydrogen-bond donors (Lipinski definition) is 1. The summed E-state index contributed by atoms with van der Waals surface area (Å²) in [5.41, 5.74) is -0.897. The smallest absolute Gasteiger partial charge is 0.295 e. The van der Waals surface area contributed by atoms with E-state index in [1.54, 1.807) is 0 Å². The van der Waals surface area contributed by atoms with Crippen LogP contribution in [0.15, 0.2) is 12.1 Å². The van der Waals surface area contributed by atoms with Crippen molar-refractivity contribution in [3.8, 4) is 0 Å². The van der Waals surface area contributed by atoms with Gasteiger partial charge in [0.15, 0.2) is 17.3 Å². The second-order valence-electron chi connectivity index (χ2n) is 4.76. The number of halogens is 2. The molecule has 0 radical (unpaired) electrons. The van der Waals surface area contributed by atoms with E-state index >= 15 is 0 Å². The van der Waals surface area contributed by atoms with Gasteiger partial charge >= 0.3 is 0 Å². The Morgan fingerprint density at radius 3 is 2.70 bits per heavy atom. The van der Waals surface area contributed by atoms with Crippen molar-refractivity contribution in [3.63, 3.8) is 0 Å². The van der Waals surface area contributed by atoms with Crippen molar-refractivity contribution in [1.82, 2.24) is 0 Å².